The molecule has 1 heterocycles. The lowest BCUT2D eigenvalue weighted by Crippen LogP contribution is -2.20. The van der Waals surface area contributed by atoms with Gasteiger partial charge in [0.25, 0.3) is 5.91 Å². The van der Waals surface area contributed by atoms with E-state index in [2.05, 4.69) is 5.32 Å². The lowest BCUT2D eigenvalue weighted by molar-refractivity contribution is -0.118. The van der Waals surface area contributed by atoms with Crippen molar-refractivity contribution in [2.24, 2.45) is 0 Å². The van der Waals surface area contributed by atoms with E-state index in [1.165, 1.54) is 12.1 Å². The number of anilines is 1. The number of ether oxygens (including phenoxy) is 1. The molecule has 0 saturated heterocycles. The Balaban J connectivity index is 1.76. The van der Waals surface area contributed by atoms with Gasteiger partial charge in [0.15, 0.2) is 6.61 Å². The largest absolute Gasteiger partial charge is 0.484 e. The smallest absolute Gasteiger partial charge is 0.336 e. The average Bonchev–Trinajstić information content (AvgIpc) is 2.67. The molecule has 1 aromatic heterocycles. The van der Waals surface area contributed by atoms with Gasteiger partial charge >= 0.3 is 5.63 Å². The summed E-state index contributed by atoms with van der Waals surface area (Å²) in [4.78, 5) is 23.9. The molecule has 0 unspecified atom stereocenters. The van der Waals surface area contributed by atoms with Gasteiger partial charge in [0.05, 0.1) is 25.8 Å². The molecule has 28 heavy (non-hydrogen) atoms. The van der Waals surface area contributed by atoms with Gasteiger partial charge in [0, 0.05) is 17.5 Å². The van der Waals surface area contributed by atoms with Crippen LogP contribution in [0, 0.1) is 0 Å². The van der Waals surface area contributed by atoms with Gasteiger partial charge in [-0.25, -0.2) is 4.79 Å². The lowest BCUT2D eigenvalue weighted by Gasteiger charge is -2.12. The highest BCUT2D eigenvalue weighted by Gasteiger charge is 2.17. The van der Waals surface area contributed by atoms with Crippen molar-refractivity contribution in [3.8, 4) is 5.75 Å². The standard InChI is InChI=1S/C19H13Cl4NO4/c1-2-9-5-16(26)28-14-6-10(3-4-11(9)14)27-8-15(25)24-19-17(22)12(20)7-13(21)18(19)23/h3-7H,2,8H2,1H3,(H,24,25). The summed E-state index contributed by atoms with van der Waals surface area (Å²) < 4.78 is 10.7. The maximum Gasteiger partial charge on any atom is 0.336 e. The summed E-state index contributed by atoms with van der Waals surface area (Å²) in [6, 6.07) is 7.85. The molecule has 3 rings (SSSR count). The Labute approximate surface area is 180 Å². The van der Waals surface area contributed by atoms with E-state index >= 15 is 0 Å². The third-order valence-electron chi connectivity index (χ3n) is 3.93. The SMILES string of the molecule is CCc1cc(=O)oc2cc(OCC(=O)Nc3c(Cl)c(Cl)cc(Cl)c3Cl)ccc12. The summed E-state index contributed by atoms with van der Waals surface area (Å²) in [5.41, 5.74) is 0.917. The van der Waals surface area contributed by atoms with E-state index in [1.54, 1.807) is 18.2 Å². The van der Waals surface area contributed by atoms with Crippen molar-refractivity contribution in [2.45, 2.75) is 13.3 Å². The molecular weight excluding hydrogens is 448 g/mol. The van der Waals surface area contributed by atoms with Gasteiger partial charge in [-0.15, -0.1) is 0 Å². The number of fused-ring (bicyclic) bond motifs is 1. The Morgan fingerprint density at radius 3 is 2.39 bits per heavy atom. The van der Waals surface area contributed by atoms with E-state index in [1.807, 2.05) is 6.92 Å². The Kier molecular flexibility index (Phi) is 6.40. The Bertz CT molecular complexity index is 1100. The van der Waals surface area contributed by atoms with Crippen LogP contribution in [-0.4, -0.2) is 12.5 Å². The molecular formula is C19H13Cl4NO4. The number of aryl methyl sites for hydroxylation is 1. The molecule has 0 radical (unpaired) electrons. The molecule has 0 atom stereocenters. The molecule has 0 fully saturated rings. The first-order chi connectivity index (χ1) is 13.3. The molecule has 146 valence electrons. The third-order valence-corrected chi connectivity index (χ3v) is 5.50. The van der Waals surface area contributed by atoms with Crippen LogP contribution in [0.5, 0.6) is 5.75 Å². The molecule has 0 aliphatic carbocycles. The van der Waals surface area contributed by atoms with Gasteiger partial charge in [-0.05, 0) is 30.2 Å². The quantitative estimate of drug-likeness (QED) is 0.375. The monoisotopic (exact) mass is 459 g/mol. The summed E-state index contributed by atoms with van der Waals surface area (Å²) in [5.74, 6) is -0.161. The van der Waals surface area contributed by atoms with Gasteiger partial charge in [-0.2, -0.15) is 0 Å². The van der Waals surface area contributed by atoms with E-state index in [0.29, 0.717) is 17.8 Å². The molecule has 0 aliphatic rings. The zero-order valence-corrected chi connectivity index (χ0v) is 17.5. The summed E-state index contributed by atoms with van der Waals surface area (Å²) >= 11 is 24.0. The predicted molar refractivity (Wildman–Crippen MR) is 112 cm³/mol. The molecule has 2 aromatic carbocycles. The van der Waals surface area contributed by atoms with Crippen molar-refractivity contribution in [1.29, 1.82) is 0 Å². The van der Waals surface area contributed by atoms with Crippen molar-refractivity contribution in [1.82, 2.24) is 0 Å². The van der Waals surface area contributed by atoms with Crippen molar-refractivity contribution < 1.29 is 13.9 Å². The zero-order valence-electron chi connectivity index (χ0n) is 14.4. The highest BCUT2D eigenvalue weighted by molar-refractivity contribution is 6.50. The first-order valence-corrected chi connectivity index (χ1v) is 9.63. The van der Waals surface area contributed by atoms with Crippen LogP contribution in [0.2, 0.25) is 20.1 Å². The predicted octanol–water partition coefficient (Wildman–Crippen LogP) is 5.99. The van der Waals surface area contributed by atoms with Gasteiger partial charge < -0.3 is 14.5 Å². The van der Waals surface area contributed by atoms with E-state index < -0.39 is 11.5 Å². The van der Waals surface area contributed by atoms with E-state index in [9.17, 15) is 9.59 Å². The first-order valence-electron chi connectivity index (χ1n) is 8.12. The van der Waals surface area contributed by atoms with Crippen LogP contribution >= 0.6 is 46.4 Å². The summed E-state index contributed by atoms with van der Waals surface area (Å²) in [7, 11) is 0. The minimum atomic E-state index is -0.522. The van der Waals surface area contributed by atoms with E-state index in [-0.39, 0.29) is 32.4 Å². The number of amides is 1. The van der Waals surface area contributed by atoms with Crippen LogP contribution in [0.1, 0.15) is 12.5 Å². The van der Waals surface area contributed by atoms with Crippen LogP contribution in [0.4, 0.5) is 5.69 Å². The van der Waals surface area contributed by atoms with Crippen LogP contribution in [0.3, 0.4) is 0 Å². The lowest BCUT2D eigenvalue weighted by atomic mass is 10.1. The number of nitrogens with one attached hydrogen (secondary N) is 1. The Morgan fingerprint density at radius 1 is 1.07 bits per heavy atom. The average molecular weight is 461 g/mol. The van der Waals surface area contributed by atoms with Crippen LogP contribution in [-0.2, 0) is 11.2 Å². The van der Waals surface area contributed by atoms with Gasteiger partial charge in [0.1, 0.15) is 11.3 Å². The Hall–Kier alpha value is -1.92. The van der Waals surface area contributed by atoms with Gasteiger partial charge in [-0.1, -0.05) is 53.3 Å². The van der Waals surface area contributed by atoms with Crippen LogP contribution in [0.15, 0.2) is 39.5 Å². The van der Waals surface area contributed by atoms with Gasteiger partial charge in [0.2, 0.25) is 0 Å². The second-order valence-electron chi connectivity index (χ2n) is 5.78. The molecule has 3 aromatic rings. The molecule has 5 nitrogen and oxygen atoms in total. The molecule has 1 N–H and O–H groups in total. The summed E-state index contributed by atoms with van der Waals surface area (Å²) in [6.07, 6.45) is 0.689. The molecule has 0 aliphatic heterocycles. The number of benzene rings is 2. The number of carbonyl (C=O) groups is 1. The molecule has 9 heteroatoms. The summed E-state index contributed by atoms with van der Waals surface area (Å²) in [6.45, 7) is 1.61. The number of rotatable bonds is 5. The Morgan fingerprint density at radius 2 is 1.75 bits per heavy atom. The molecule has 0 spiro atoms. The highest BCUT2D eigenvalue weighted by atomic mass is 35.5. The molecule has 1 amide bonds. The van der Waals surface area contributed by atoms with Crippen LogP contribution < -0.4 is 15.7 Å². The van der Waals surface area contributed by atoms with Gasteiger partial charge in [-0.3, -0.25) is 4.79 Å². The fraction of sp³-hybridized carbons (Fsp3) is 0.158. The fourth-order valence-corrected chi connectivity index (χ4v) is 3.50. The normalized spacial score (nSPS) is 10.9. The summed E-state index contributed by atoms with van der Waals surface area (Å²) in [5, 5.41) is 3.79. The maximum absolute atomic E-state index is 12.2. The number of halogens is 4. The van der Waals surface area contributed by atoms with Crippen molar-refractivity contribution in [2.75, 3.05) is 11.9 Å². The van der Waals surface area contributed by atoms with E-state index in [4.69, 9.17) is 55.6 Å². The second kappa shape index (κ2) is 8.62. The number of hydrogen-bond acceptors (Lipinski definition) is 4. The van der Waals surface area contributed by atoms with E-state index in [0.717, 1.165) is 10.9 Å². The number of carbonyl (C=O) groups excluding carboxylic acids is 1. The molecule has 0 bridgehead atoms. The van der Waals surface area contributed by atoms with Crippen LogP contribution in [0.25, 0.3) is 11.0 Å². The minimum absolute atomic E-state index is 0.0731. The molecule has 0 saturated carbocycles. The minimum Gasteiger partial charge on any atom is -0.484 e. The maximum atomic E-state index is 12.2. The first kappa shape index (κ1) is 20.8. The topological polar surface area (TPSA) is 68.5 Å². The fourth-order valence-electron chi connectivity index (χ4n) is 2.60. The third kappa shape index (κ3) is 4.39. The van der Waals surface area contributed by atoms with Crippen molar-refractivity contribution in [3.63, 3.8) is 0 Å². The van der Waals surface area contributed by atoms with Crippen molar-refractivity contribution >= 4 is 69.0 Å². The zero-order chi connectivity index (χ0) is 20.4. The second-order valence-corrected chi connectivity index (χ2v) is 7.35. The number of hydrogen-bond donors (Lipinski definition) is 1. The highest BCUT2D eigenvalue weighted by Crippen LogP contribution is 2.41. The van der Waals surface area contributed by atoms with Crippen molar-refractivity contribution in [3.05, 3.63) is 66.4 Å².